The smallest absolute Gasteiger partial charge is 0.165 e. The van der Waals surface area contributed by atoms with Gasteiger partial charge in [0.1, 0.15) is 0 Å². The van der Waals surface area contributed by atoms with E-state index < -0.39 is 0 Å². The molecule has 0 aliphatic heterocycles. The summed E-state index contributed by atoms with van der Waals surface area (Å²) in [6.07, 6.45) is 5.76. The van der Waals surface area contributed by atoms with Gasteiger partial charge in [-0.05, 0) is 44.7 Å². The number of halogens is 1. The second-order valence-electron chi connectivity index (χ2n) is 4.66. The number of nitrogens with zero attached hydrogens (tertiary/aromatic N) is 2. The minimum Gasteiger partial charge on any atom is -0.351 e. The molecule has 0 aromatic carbocycles. The molecule has 1 saturated carbocycles. The van der Waals surface area contributed by atoms with E-state index in [0.717, 1.165) is 32.2 Å². The molecule has 1 fully saturated rings. The Kier molecular flexibility index (Phi) is 3.94. The molecule has 3 nitrogen and oxygen atoms in total. The maximum absolute atomic E-state index is 13.7. The van der Waals surface area contributed by atoms with Crippen molar-refractivity contribution < 1.29 is 4.39 Å². The Labute approximate surface area is 102 Å². The van der Waals surface area contributed by atoms with Gasteiger partial charge in [-0.3, -0.25) is 0 Å². The molecule has 17 heavy (non-hydrogen) atoms. The number of nitrogens with two attached hydrogens (primary N) is 1. The lowest BCUT2D eigenvalue weighted by atomic mass is 9.90. The quantitative estimate of drug-likeness (QED) is 0.877. The van der Waals surface area contributed by atoms with Crippen molar-refractivity contribution in [1.82, 2.24) is 4.98 Å². The van der Waals surface area contributed by atoms with E-state index in [1.54, 1.807) is 12.3 Å². The summed E-state index contributed by atoms with van der Waals surface area (Å²) in [5.74, 6) is 0.250. The monoisotopic (exact) mass is 237 g/mol. The third kappa shape index (κ3) is 2.75. The normalized spacial score (nSPS) is 24.6. The first-order valence-electron chi connectivity index (χ1n) is 6.35. The van der Waals surface area contributed by atoms with E-state index in [2.05, 4.69) is 9.88 Å². The fraction of sp³-hybridized carbons (Fsp3) is 0.615. The van der Waals surface area contributed by atoms with E-state index in [1.807, 2.05) is 6.92 Å². The summed E-state index contributed by atoms with van der Waals surface area (Å²) in [6, 6.07) is 3.80. The standard InChI is InChI=1S/C13H20FN3/c1-2-17(11-7-5-10(15)6-8-11)13-12(14)4-3-9-16-13/h3-4,9-11H,2,5-8,15H2,1H3. The van der Waals surface area contributed by atoms with Gasteiger partial charge in [-0.2, -0.15) is 0 Å². The molecule has 2 N–H and O–H groups in total. The highest BCUT2D eigenvalue weighted by Gasteiger charge is 2.25. The zero-order chi connectivity index (χ0) is 12.3. The number of hydrogen-bond acceptors (Lipinski definition) is 3. The van der Waals surface area contributed by atoms with Crippen LogP contribution in [-0.4, -0.2) is 23.6 Å². The molecule has 94 valence electrons. The summed E-state index contributed by atoms with van der Waals surface area (Å²) in [5, 5.41) is 0. The Morgan fingerprint density at radius 3 is 2.71 bits per heavy atom. The highest BCUT2D eigenvalue weighted by atomic mass is 19.1. The molecule has 1 aromatic rings. The summed E-state index contributed by atoms with van der Waals surface area (Å²) in [6.45, 7) is 2.83. The van der Waals surface area contributed by atoms with Crippen LogP contribution >= 0.6 is 0 Å². The molecule has 0 unspecified atom stereocenters. The Hall–Kier alpha value is -1.16. The van der Waals surface area contributed by atoms with Crippen molar-refractivity contribution in [3.63, 3.8) is 0 Å². The third-order valence-corrected chi connectivity index (χ3v) is 3.53. The fourth-order valence-corrected chi connectivity index (χ4v) is 2.58. The van der Waals surface area contributed by atoms with Crippen LogP contribution < -0.4 is 10.6 Å². The largest absolute Gasteiger partial charge is 0.351 e. The predicted octanol–water partition coefficient (Wildman–Crippen LogP) is 2.32. The van der Waals surface area contributed by atoms with Gasteiger partial charge in [-0.1, -0.05) is 0 Å². The van der Waals surface area contributed by atoms with Gasteiger partial charge >= 0.3 is 0 Å². The van der Waals surface area contributed by atoms with Gasteiger partial charge in [0.2, 0.25) is 0 Å². The summed E-state index contributed by atoms with van der Waals surface area (Å²) < 4.78 is 13.7. The van der Waals surface area contributed by atoms with Crippen molar-refractivity contribution in [2.24, 2.45) is 5.73 Å². The zero-order valence-corrected chi connectivity index (χ0v) is 10.3. The number of aromatic nitrogens is 1. The van der Waals surface area contributed by atoms with E-state index in [4.69, 9.17) is 5.73 Å². The zero-order valence-electron chi connectivity index (χ0n) is 10.3. The van der Waals surface area contributed by atoms with Crippen LogP contribution in [0.15, 0.2) is 18.3 Å². The summed E-state index contributed by atoms with van der Waals surface area (Å²) in [5.41, 5.74) is 5.90. The number of rotatable bonds is 3. The lowest BCUT2D eigenvalue weighted by Gasteiger charge is -2.36. The SMILES string of the molecule is CCN(c1ncccc1F)C1CCC(N)CC1. The van der Waals surface area contributed by atoms with Crippen molar-refractivity contribution in [1.29, 1.82) is 0 Å². The minimum atomic E-state index is -0.232. The molecular formula is C13H20FN3. The van der Waals surface area contributed by atoms with Gasteiger partial charge in [0, 0.05) is 24.8 Å². The van der Waals surface area contributed by atoms with Crippen LogP contribution in [0.1, 0.15) is 32.6 Å². The lowest BCUT2D eigenvalue weighted by Crippen LogP contribution is -2.41. The number of hydrogen-bond donors (Lipinski definition) is 1. The molecule has 0 saturated heterocycles. The van der Waals surface area contributed by atoms with Gasteiger partial charge in [-0.25, -0.2) is 9.37 Å². The van der Waals surface area contributed by atoms with E-state index in [-0.39, 0.29) is 5.82 Å². The summed E-state index contributed by atoms with van der Waals surface area (Å²) in [4.78, 5) is 6.23. The second kappa shape index (κ2) is 5.45. The molecule has 1 aliphatic rings. The predicted molar refractivity (Wildman–Crippen MR) is 67.4 cm³/mol. The first-order valence-corrected chi connectivity index (χ1v) is 6.35. The molecule has 1 aromatic heterocycles. The Balaban J connectivity index is 2.14. The summed E-state index contributed by atoms with van der Waals surface area (Å²) in [7, 11) is 0. The number of pyridine rings is 1. The topological polar surface area (TPSA) is 42.2 Å². The average Bonchev–Trinajstić information content (AvgIpc) is 2.35. The van der Waals surface area contributed by atoms with Crippen LogP contribution in [0.2, 0.25) is 0 Å². The van der Waals surface area contributed by atoms with Crippen LogP contribution in [0.25, 0.3) is 0 Å². The van der Waals surface area contributed by atoms with Crippen LogP contribution in [0, 0.1) is 5.82 Å². The highest BCUT2D eigenvalue weighted by Crippen LogP contribution is 2.26. The first-order chi connectivity index (χ1) is 8.22. The van der Waals surface area contributed by atoms with E-state index >= 15 is 0 Å². The molecule has 2 rings (SSSR count). The molecule has 0 amide bonds. The molecule has 0 atom stereocenters. The average molecular weight is 237 g/mol. The maximum atomic E-state index is 13.7. The summed E-state index contributed by atoms with van der Waals surface area (Å²) >= 11 is 0. The maximum Gasteiger partial charge on any atom is 0.165 e. The molecule has 0 radical (unpaired) electrons. The van der Waals surface area contributed by atoms with Crippen LogP contribution in [0.3, 0.4) is 0 Å². The van der Waals surface area contributed by atoms with Gasteiger partial charge in [0.05, 0.1) is 0 Å². The molecule has 0 bridgehead atoms. The van der Waals surface area contributed by atoms with Crippen molar-refractivity contribution in [3.05, 3.63) is 24.1 Å². The van der Waals surface area contributed by atoms with Crippen LogP contribution in [0.5, 0.6) is 0 Å². The van der Waals surface area contributed by atoms with Crippen molar-refractivity contribution >= 4 is 5.82 Å². The van der Waals surface area contributed by atoms with Crippen molar-refractivity contribution in [3.8, 4) is 0 Å². The van der Waals surface area contributed by atoms with Gasteiger partial charge in [0.25, 0.3) is 0 Å². The van der Waals surface area contributed by atoms with Gasteiger partial charge < -0.3 is 10.6 Å². The Morgan fingerprint density at radius 2 is 2.12 bits per heavy atom. The third-order valence-electron chi connectivity index (χ3n) is 3.53. The Bertz CT molecular complexity index is 361. The van der Waals surface area contributed by atoms with E-state index in [9.17, 15) is 4.39 Å². The first kappa shape index (κ1) is 12.3. The van der Waals surface area contributed by atoms with Crippen LogP contribution in [0.4, 0.5) is 10.2 Å². The van der Waals surface area contributed by atoms with Gasteiger partial charge in [-0.15, -0.1) is 0 Å². The minimum absolute atomic E-state index is 0.232. The van der Waals surface area contributed by atoms with Crippen molar-refractivity contribution in [2.45, 2.75) is 44.7 Å². The molecule has 1 heterocycles. The van der Waals surface area contributed by atoms with Crippen molar-refractivity contribution in [2.75, 3.05) is 11.4 Å². The van der Waals surface area contributed by atoms with Gasteiger partial charge in [0.15, 0.2) is 11.6 Å². The van der Waals surface area contributed by atoms with E-state index in [1.165, 1.54) is 6.07 Å². The second-order valence-corrected chi connectivity index (χ2v) is 4.66. The molecule has 4 heteroatoms. The molecular weight excluding hydrogens is 217 g/mol. The highest BCUT2D eigenvalue weighted by molar-refractivity contribution is 5.40. The molecule has 1 aliphatic carbocycles. The van der Waals surface area contributed by atoms with Crippen LogP contribution in [-0.2, 0) is 0 Å². The fourth-order valence-electron chi connectivity index (χ4n) is 2.58. The lowest BCUT2D eigenvalue weighted by molar-refractivity contribution is 0.374. The molecule has 0 spiro atoms. The van der Waals surface area contributed by atoms with E-state index in [0.29, 0.717) is 17.9 Å². The number of anilines is 1. The Morgan fingerprint density at radius 1 is 1.41 bits per heavy atom.